The van der Waals surface area contributed by atoms with Crippen LogP contribution < -0.4 is 14.8 Å². The minimum atomic E-state index is -3.57. The molecule has 1 aliphatic carbocycles. The highest BCUT2D eigenvalue weighted by Gasteiger charge is 2.28. The van der Waals surface area contributed by atoms with E-state index in [1.54, 1.807) is 19.2 Å². The minimum absolute atomic E-state index is 0.0255. The molecule has 0 saturated heterocycles. The number of benzene rings is 2. The number of amides is 1. The molecule has 0 spiro atoms. The van der Waals surface area contributed by atoms with E-state index in [-0.39, 0.29) is 16.8 Å². The number of rotatable bonds is 7. The van der Waals surface area contributed by atoms with Gasteiger partial charge in [-0.15, -0.1) is 0 Å². The van der Waals surface area contributed by atoms with Gasteiger partial charge in [0.15, 0.2) is 0 Å². The van der Waals surface area contributed by atoms with E-state index in [1.807, 2.05) is 24.3 Å². The SMILES string of the molecule is COc1ccc(CNC(=O)c2cccc(S(=O)(=O)NC3CC3)c2)cc1. The number of ether oxygens (including phenoxy) is 1. The Bertz CT molecular complexity index is 859. The summed E-state index contributed by atoms with van der Waals surface area (Å²) in [5.74, 6) is 0.426. The molecule has 2 N–H and O–H groups in total. The third-order valence-electron chi connectivity index (χ3n) is 3.92. The van der Waals surface area contributed by atoms with Crippen molar-refractivity contribution >= 4 is 15.9 Å². The molecule has 6 nitrogen and oxygen atoms in total. The van der Waals surface area contributed by atoms with E-state index in [0.717, 1.165) is 24.2 Å². The molecule has 3 rings (SSSR count). The molecule has 0 radical (unpaired) electrons. The highest BCUT2D eigenvalue weighted by Crippen LogP contribution is 2.22. The van der Waals surface area contributed by atoms with Crippen molar-refractivity contribution in [1.82, 2.24) is 10.0 Å². The summed E-state index contributed by atoms with van der Waals surface area (Å²) in [7, 11) is -1.98. The van der Waals surface area contributed by atoms with Crippen LogP contribution in [-0.4, -0.2) is 27.5 Å². The Morgan fingerprint density at radius 2 is 1.88 bits per heavy atom. The van der Waals surface area contributed by atoms with Crippen LogP contribution in [0.2, 0.25) is 0 Å². The number of nitrogens with one attached hydrogen (secondary N) is 2. The van der Waals surface area contributed by atoms with E-state index in [4.69, 9.17) is 4.74 Å². The summed E-state index contributed by atoms with van der Waals surface area (Å²) >= 11 is 0. The fourth-order valence-corrected chi connectivity index (χ4v) is 3.67. The zero-order valence-corrected chi connectivity index (χ0v) is 14.7. The van der Waals surface area contributed by atoms with Gasteiger partial charge < -0.3 is 10.1 Å². The van der Waals surface area contributed by atoms with Crippen LogP contribution in [0.3, 0.4) is 0 Å². The first-order valence-corrected chi connectivity index (χ1v) is 9.50. The van der Waals surface area contributed by atoms with Crippen LogP contribution in [-0.2, 0) is 16.6 Å². The van der Waals surface area contributed by atoms with Gasteiger partial charge in [-0.3, -0.25) is 4.79 Å². The first kappa shape index (κ1) is 17.4. The quantitative estimate of drug-likeness (QED) is 0.792. The van der Waals surface area contributed by atoms with Crippen LogP contribution in [0.15, 0.2) is 53.4 Å². The average Bonchev–Trinajstić information content (AvgIpc) is 3.43. The summed E-state index contributed by atoms with van der Waals surface area (Å²) in [6.07, 6.45) is 1.72. The Morgan fingerprint density at radius 3 is 2.52 bits per heavy atom. The van der Waals surface area contributed by atoms with Crippen molar-refractivity contribution in [1.29, 1.82) is 0 Å². The van der Waals surface area contributed by atoms with Crippen molar-refractivity contribution in [3.05, 3.63) is 59.7 Å². The van der Waals surface area contributed by atoms with Crippen LogP contribution >= 0.6 is 0 Å². The largest absolute Gasteiger partial charge is 0.497 e. The molecule has 1 fully saturated rings. The molecule has 7 heteroatoms. The zero-order valence-electron chi connectivity index (χ0n) is 13.9. The van der Waals surface area contributed by atoms with Crippen LogP contribution in [0.25, 0.3) is 0 Å². The molecule has 25 heavy (non-hydrogen) atoms. The molecule has 132 valence electrons. The third kappa shape index (κ3) is 4.58. The zero-order chi connectivity index (χ0) is 17.9. The number of methoxy groups -OCH3 is 1. The fraction of sp³-hybridized carbons (Fsp3) is 0.278. The predicted octanol–water partition coefficient (Wildman–Crippen LogP) is 2.07. The molecule has 0 atom stereocenters. The molecule has 0 aromatic heterocycles. The average molecular weight is 360 g/mol. The highest BCUT2D eigenvalue weighted by molar-refractivity contribution is 7.89. The number of carbonyl (C=O) groups is 1. The second-order valence-electron chi connectivity index (χ2n) is 5.95. The van der Waals surface area contributed by atoms with Gasteiger partial charge in [0.2, 0.25) is 10.0 Å². The number of carbonyl (C=O) groups excluding carboxylic acids is 1. The maximum Gasteiger partial charge on any atom is 0.251 e. The summed E-state index contributed by atoms with van der Waals surface area (Å²) in [6, 6.07) is 13.4. The molecular weight excluding hydrogens is 340 g/mol. The lowest BCUT2D eigenvalue weighted by Gasteiger charge is -2.09. The Hall–Kier alpha value is -2.38. The molecule has 0 unspecified atom stereocenters. The lowest BCUT2D eigenvalue weighted by atomic mass is 10.2. The van der Waals surface area contributed by atoms with Gasteiger partial charge in [0.1, 0.15) is 5.75 Å². The van der Waals surface area contributed by atoms with Crippen molar-refractivity contribution < 1.29 is 17.9 Å². The van der Waals surface area contributed by atoms with Gasteiger partial charge in [0.05, 0.1) is 12.0 Å². The molecule has 0 bridgehead atoms. The van der Waals surface area contributed by atoms with E-state index >= 15 is 0 Å². The van der Waals surface area contributed by atoms with Crippen molar-refractivity contribution in [3.8, 4) is 5.75 Å². The maximum atomic E-state index is 12.3. The lowest BCUT2D eigenvalue weighted by molar-refractivity contribution is 0.0950. The summed E-state index contributed by atoms with van der Waals surface area (Å²) in [5.41, 5.74) is 1.24. The van der Waals surface area contributed by atoms with Gasteiger partial charge in [-0.05, 0) is 48.7 Å². The van der Waals surface area contributed by atoms with Crippen LogP contribution in [0.5, 0.6) is 5.75 Å². The first-order chi connectivity index (χ1) is 12.0. The monoisotopic (exact) mass is 360 g/mol. The third-order valence-corrected chi connectivity index (χ3v) is 5.44. The smallest absolute Gasteiger partial charge is 0.251 e. The second kappa shape index (κ2) is 7.25. The topological polar surface area (TPSA) is 84.5 Å². The molecule has 1 amide bonds. The summed E-state index contributed by atoms with van der Waals surface area (Å²) in [5, 5.41) is 2.79. The lowest BCUT2D eigenvalue weighted by Crippen LogP contribution is -2.27. The van der Waals surface area contributed by atoms with Gasteiger partial charge in [-0.25, -0.2) is 13.1 Å². The molecule has 2 aromatic carbocycles. The van der Waals surface area contributed by atoms with Gasteiger partial charge in [-0.2, -0.15) is 0 Å². The Labute approximate surface area is 147 Å². The summed E-state index contributed by atoms with van der Waals surface area (Å²) < 4.78 is 32.2. The van der Waals surface area contributed by atoms with Crippen molar-refractivity contribution in [2.45, 2.75) is 30.3 Å². The van der Waals surface area contributed by atoms with Crippen LogP contribution in [0.4, 0.5) is 0 Å². The molecule has 2 aromatic rings. The molecule has 1 saturated carbocycles. The molecular formula is C18H20N2O4S. The van der Waals surface area contributed by atoms with E-state index < -0.39 is 10.0 Å². The second-order valence-corrected chi connectivity index (χ2v) is 7.67. The first-order valence-electron chi connectivity index (χ1n) is 8.01. The van der Waals surface area contributed by atoms with Crippen molar-refractivity contribution in [2.24, 2.45) is 0 Å². The van der Waals surface area contributed by atoms with Crippen LogP contribution in [0.1, 0.15) is 28.8 Å². The standard InChI is InChI=1S/C18H20N2O4S/c1-24-16-9-5-13(6-10-16)12-19-18(21)14-3-2-4-17(11-14)25(22,23)20-15-7-8-15/h2-6,9-11,15,20H,7-8,12H2,1H3,(H,19,21). The highest BCUT2D eigenvalue weighted by atomic mass is 32.2. The van der Waals surface area contributed by atoms with E-state index in [2.05, 4.69) is 10.0 Å². The van der Waals surface area contributed by atoms with E-state index in [0.29, 0.717) is 12.1 Å². The summed E-state index contributed by atoms with van der Waals surface area (Å²) in [4.78, 5) is 12.4. The maximum absolute atomic E-state index is 12.3. The Kier molecular flexibility index (Phi) is 5.06. The van der Waals surface area contributed by atoms with E-state index in [1.165, 1.54) is 12.1 Å². The number of sulfonamides is 1. The van der Waals surface area contributed by atoms with Crippen molar-refractivity contribution in [3.63, 3.8) is 0 Å². The minimum Gasteiger partial charge on any atom is -0.497 e. The fourth-order valence-electron chi connectivity index (χ4n) is 2.32. The number of hydrogen-bond donors (Lipinski definition) is 2. The predicted molar refractivity (Wildman–Crippen MR) is 93.9 cm³/mol. The normalized spacial score (nSPS) is 14.1. The molecule has 0 aliphatic heterocycles. The molecule has 1 aliphatic rings. The van der Waals surface area contributed by atoms with Gasteiger partial charge in [-0.1, -0.05) is 18.2 Å². The summed E-state index contributed by atoms with van der Waals surface area (Å²) in [6.45, 7) is 0.347. The number of hydrogen-bond acceptors (Lipinski definition) is 4. The van der Waals surface area contributed by atoms with Crippen LogP contribution in [0, 0.1) is 0 Å². The van der Waals surface area contributed by atoms with Gasteiger partial charge in [0, 0.05) is 18.2 Å². The Balaban J connectivity index is 1.66. The van der Waals surface area contributed by atoms with Gasteiger partial charge in [0.25, 0.3) is 5.91 Å². The van der Waals surface area contributed by atoms with E-state index in [9.17, 15) is 13.2 Å². The molecule has 0 heterocycles. The van der Waals surface area contributed by atoms with Gasteiger partial charge >= 0.3 is 0 Å². The van der Waals surface area contributed by atoms with Crippen molar-refractivity contribution in [2.75, 3.05) is 7.11 Å². The Morgan fingerprint density at radius 1 is 1.16 bits per heavy atom.